The van der Waals surface area contributed by atoms with Crippen molar-refractivity contribution in [2.75, 3.05) is 31.6 Å². The summed E-state index contributed by atoms with van der Waals surface area (Å²) >= 11 is 0. The van der Waals surface area contributed by atoms with Gasteiger partial charge in [-0.3, -0.25) is 0 Å². The van der Waals surface area contributed by atoms with Gasteiger partial charge in [-0.2, -0.15) is 0 Å². The molecule has 0 spiro atoms. The molecule has 4 nitrogen and oxygen atoms in total. The molecular formula is C14H21FN2O2. The third-order valence-corrected chi connectivity index (χ3v) is 3.28. The molecule has 106 valence electrons. The third kappa shape index (κ3) is 3.43. The van der Waals surface area contributed by atoms with Crippen molar-refractivity contribution < 1.29 is 14.2 Å². The number of hydrogen-bond acceptors (Lipinski definition) is 4. The molecule has 1 fully saturated rings. The zero-order valence-corrected chi connectivity index (χ0v) is 11.4. The molecule has 2 atom stereocenters. The SMILES string of the molecule is CNCc1cc(F)ccc1N1CC(C)OC(CO)C1. The molecule has 2 N–H and O–H groups in total. The highest BCUT2D eigenvalue weighted by Crippen LogP contribution is 2.25. The van der Waals surface area contributed by atoms with Crippen molar-refractivity contribution in [2.24, 2.45) is 0 Å². The molecule has 2 rings (SSSR count). The largest absolute Gasteiger partial charge is 0.394 e. The van der Waals surface area contributed by atoms with Gasteiger partial charge in [-0.05, 0) is 37.7 Å². The lowest BCUT2D eigenvalue weighted by Gasteiger charge is -2.38. The molecule has 1 aromatic rings. The molecule has 1 heterocycles. The van der Waals surface area contributed by atoms with E-state index in [1.165, 1.54) is 6.07 Å². The smallest absolute Gasteiger partial charge is 0.123 e. The van der Waals surface area contributed by atoms with Crippen LogP contribution in [0.3, 0.4) is 0 Å². The van der Waals surface area contributed by atoms with E-state index < -0.39 is 0 Å². The van der Waals surface area contributed by atoms with Gasteiger partial charge in [0.1, 0.15) is 5.82 Å². The van der Waals surface area contributed by atoms with Crippen LogP contribution in [0.4, 0.5) is 10.1 Å². The van der Waals surface area contributed by atoms with E-state index in [0.29, 0.717) is 13.1 Å². The van der Waals surface area contributed by atoms with Crippen molar-refractivity contribution >= 4 is 5.69 Å². The summed E-state index contributed by atoms with van der Waals surface area (Å²) in [7, 11) is 1.84. The summed E-state index contributed by atoms with van der Waals surface area (Å²) in [6.07, 6.45) is -0.130. The van der Waals surface area contributed by atoms with Gasteiger partial charge in [0.05, 0.1) is 18.8 Å². The van der Waals surface area contributed by atoms with E-state index in [1.54, 1.807) is 12.1 Å². The Hall–Kier alpha value is -1.17. The van der Waals surface area contributed by atoms with Crippen LogP contribution >= 0.6 is 0 Å². The van der Waals surface area contributed by atoms with Crippen molar-refractivity contribution in [3.05, 3.63) is 29.6 Å². The first-order chi connectivity index (χ1) is 9.13. The summed E-state index contributed by atoms with van der Waals surface area (Å²) < 4.78 is 19.0. The topological polar surface area (TPSA) is 44.7 Å². The van der Waals surface area contributed by atoms with Crippen LogP contribution in [0.2, 0.25) is 0 Å². The van der Waals surface area contributed by atoms with Gasteiger partial charge in [0.2, 0.25) is 0 Å². The lowest BCUT2D eigenvalue weighted by atomic mass is 10.1. The fourth-order valence-corrected chi connectivity index (χ4v) is 2.54. The molecule has 0 aliphatic carbocycles. The lowest BCUT2D eigenvalue weighted by Crippen LogP contribution is -2.48. The Morgan fingerprint density at radius 3 is 2.95 bits per heavy atom. The zero-order valence-electron chi connectivity index (χ0n) is 11.4. The predicted octanol–water partition coefficient (Wildman–Crippen LogP) is 1.13. The van der Waals surface area contributed by atoms with Gasteiger partial charge in [0.25, 0.3) is 0 Å². The minimum Gasteiger partial charge on any atom is -0.394 e. The molecule has 5 heteroatoms. The highest BCUT2D eigenvalue weighted by Gasteiger charge is 2.26. The average molecular weight is 268 g/mol. The highest BCUT2D eigenvalue weighted by molar-refractivity contribution is 5.54. The normalized spacial score (nSPS) is 23.7. The Morgan fingerprint density at radius 2 is 2.26 bits per heavy atom. The number of aliphatic hydroxyl groups excluding tert-OH is 1. The van der Waals surface area contributed by atoms with Gasteiger partial charge >= 0.3 is 0 Å². The number of hydrogen-bond donors (Lipinski definition) is 2. The van der Waals surface area contributed by atoms with Crippen LogP contribution in [0.15, 0.2) is 18.2 Å². The lowest BCUT2D eigenvalue weighted by molar-refractivity contribution is -0.0421. The molecule has 2 unspecified atom stereocenters. The summed E-state index contributed by atoms with van der Waals surface area (Å²) in [5.74, 6) is -0.228. The fraction of sp³-hybridized carbons (Fsp3) is 0.571. The predicted molar refractivity (Wildman–Crippen MR) is 72.8 cm³/mol. The van der Waals surface area contributed by atoms with Gasteiger partial charge in [-0.25, -0.2) is 4.39 Å². The van der Waals surface area contributed by atoms with Gasteiger partial charge in [0.15, 0.2) is 0 Å². The maximum Gasteiger partial charge on any atom is 0.123 e. The standard InChI is InChI=1S/C14H21FN2O2/c1-10-7-17(8-13(9-18)19-10)14-4-3-12(15)5-11(14)6-16-2/h3-5,10,13,16,18H,6-9H2,1-2H3. The van der Waals surface area contributed by atoms with Crippen molar-refractivity contribution in [1.29, 1.82) is 0 Å². The van der Waals surface area contributed by atoms with E-state index in [4.69, 9.17) is 4.74 Å². The van der Waals surface area contributed by atoms with Crippen LogP contribution in [0, 0.1) is 5.82 Å². The monoisotopic (exact) mass is 268 g/mol. The zero-order chi connectivity index (χ0) is 13.8. The molecular weight excluding hydrogens is 247 g/mol. The number of benzene rings is 1. The number of morpholine rings is 1. The first-order valence-corrected chi connectivity index (χ1v) is 6.58. The van der Waals surface area contributed by atoms with Crippen molar-refractivity contribution in [2.45, 2.75) is 25.7 Å². The Morgan fingerprint density at radius 1 is 1.47 bits per heavy atom. The number of halogens is 1. The van der Waals surface area contributed by atoms with Crippen LogP contribution in [0.5, 0.6) is 0 Å². The minimum absolute atomic E-state index is 0.00337. The van der Waals surface area contributed by atoms with E-state index in [9.17, 15) is 9.50 Å². The van der Waals surface area contributed by atoms with E-state index in [1.807, 2.05) is 14.0 Å². The van der Waals surface area contributed by atoms with E-state index in [0.717, 1.165) is 17.8 Å². The first kappa shape index (κ1) is 14.2. The Balaban J connectivity index is 2.24. The molecule has 0 bridgehead atoms. The summed E-state index contributed by atoms with van der Waals surface area (Å²) in [4.78, 5) is 2.15. The second-order valence-electron chi connectivity index (χ2n) is 4.96. The maximum atomic E-state index is 13.3. The van der Waals surface area contributed by atoms with E-state index in [-0.39, 0.29) is 24.6 Å². The molecule has 0 aromatic heterocycles. The Labute approximate surface area is 113 Å². The van der Waals surface area contributed by atoms with Crippen molar-refractivity contribution in [3.8, 4) is 0 Å². The third-order valence-electron chi connectivity index (χ3n) is 3.28. The second kappa shape index (κ2) is 6.32. The molecule has 1 aromatic carbocycles. The Bertz CT molecular complexity index is 428. The second-order valence-corrected chi connectivity index (χ2v) is 4.96. The van der Waals surface area contributed by atoms with Gasteiger partial charge < -0.3 is 20.1 Å². The summed E-state index contributed by atoms with van der Waals surface area (Å²) in [5, 5.41) is 12.3. The molecule has 1 aliphatic heterocycles. The average Bonchev–Trinajstić information content (AvgIpc) is 2.38. The highest BCUT2D eigenvalue weighted by atomic mass is 19.1. The van der Waals surface area contributed by atoms with E-state index >= 15 is 0 Å². The summed E-state index contributed by atoms with van der Waals surface area (Å²) in [6.45, 7) is 3.98. The fourth-order valence-electron chi connectivity index (χ4n) is 2.54. The number of anilines is 1. The van der Waals surface area contributed by atoms with Crippen LogP contribution < -0.4 is 10.2 Å². The maximum absolute atomic E-state index is 13.3. The summed E-state index contributed by atoms with van der Waals surface area (Å²) in [5.41, 5.74) is 1.93. The van der Waals surface area contributed by atoms with Crippen molar-refractivity contribution in [1.82, 2.24) is 5.32 Å². The molecule has 0 radical (unpaired) electrons. The molecule has 0 amide bonds. The number of aliphatic hydroxyl groups is 1. The van der Waals surface area contributed by atoms with E-state index in [2.05, 4.69) is 10.2 Å². The number of nitrogens with one attached hydrogen (secondary N) is 1. The van der Waals surface area contributed by atoms with Gasteiger partial charge in [-0.1, -0.05) is 0 Å². The number of nitrogens with zero attached hydrogens (tertiary/aromatic N) is 1. The number of ether oxygens (including phenoxy) is 1. The van der Waals surface area contributed by atoms with Crippen molar-refractivity contribution in [3.63, 3.8) is 0 Å². The quantitative estimate of drug-likeness (QED) is 0.859. The minimum atomic E-state index is -0.228. The van der Waals surface area contributed by atoms with Gasteiger partial charge in [-0.15, -0.1) is 0 Å². The van der Waals surface area contributed by atoms with Crippen LogP contribution in [-0.4, -0.2) is 44.1 Å². The molecule has 19 heavy (non-hydrogen) atoms. The van der Waals surface area contributed by atoms with Gasteiger partial charge in [0, 0.05) is 25.3 Å². The Kier molecular flexibility index (Phi) is 4.74. The molecule has 0 saturated carbocycles. The molecule has 1 saturated heterocycles. The summed E-state index contributed by atoms with van der Waals surface area (Å²) in [6, 6.07) is 4.83. The van der Waals surface area contributed by atoms with Crippen LogP contribution in [0.25, 0.3) is 0 Å². The molecule has 1 aliphatic rings. The number of rotatable bonds is 4. The first-order valence-electron chi connectivity index (χ1n) is 6.58. The van der Waals surface area contributed by atoms with Crippen LogP contribution in [0.1, 0.15) is 12.5 Å². The van der Waals surface area contributed by atoms with Crippen LogP contribution in [-0.2, 0) is 11.3 Å².